The normalized spacial score (nSPS) is 12.9. The number of hydrogen-bond donors (Lipinski definition) is 0. The summed E-state index contributed by atoms with van der Waals surface area (Å²) in [6.07, 6.45) is 0.909. The number of allylic oxidation sites excluding steroid dienone is 2. The Labute approximate surface area is 229 Å². The van der Waals surface area contributed by atoms with Crippen LogP contribution in [-0.2, 0) is 0 Å². The quantitative estimate of drug-likeness (QED) is 0.216. The zero-order chi connectivity index (χ0) is 26.1. The molecule has 5 heterocycles. The molecule has 8 bridgehead atoms. The topological polar surface area (TPSA) is 38.9 Å². The van der Waals surface area contributed by atoms with Gasteiger partial charge in [-0.1, -0.05) is 79.7 Å². The number of nitrogens with zero attached hydrogens (tertiary/aromatic N) is 2. The highest BCUT2D eigenvalue weighted by molar-refractivity contribution is 7.25. The maximum Gasteiger partial charge on any atom is 0.137 e. The Kier molecular flexibility index (Phi) is 4.88. The van der Waals surface area contributed by atoms with Crippen LogP contribution in [0.2, 0.25) is 0 Å². The minimum atomic E-state index is 0.815. The molecule has 2 aliphatic rings. The SMILES string of the molecule is CCC1=C(C)c2cc3sc(cc4nc(cc5oc(cc1n2)c1ccccc51)-c1ccccc1-4)c1ccccc31. The van der Waals surface area contributed by atoms with Gasteiger partial charge in [0.15, 0.2) is 0 Å². The highest BCUT2D eigenvalue weighted by atomic mass is 32.1. The third-order valence-corrected chi connectivity index (χ3v) is 9.00. The monoisotopic (exact) mass is 520 g/mol. The van der Waals surface area contributed by atoms with Crippen molar-refractivity contribution in [2.45, 2.75) is 20.3 Å². The predicted molar refractivity (Wildman–Crippen MR) is 165 cm³/mol. The van der Waals surface area contributed by atoms with Crippen LogP contribution in [0.15, 0.2) is 101 Å². The molecule has 0 saturated heterocycles. The molecule has 0 atom stereocenters. The average Bonchev–Trinajstić information content (AvgIpc) is 3.68. The Morgan fingerprint density at radius 1 is 0.590 bits per heavy atom. The Morgan fingerprint density at radius 2 is 1.08 bits per heavy atom. The van der Waals surface area contributed by atoms with Gasteiger partial charge in [-0.05, 0) is 36.6 Å². The molecule has 3 nitrogen and oxygen atoms in total. The van der Waals surface area contributed by atoms with Crippen LogP contribution in [0.1, 0.15) is 31.7 Å². The lowest BCUT2D eigenvalue weighted by molar-refractivity contribution is 0.669. The molecule has 3 aromatic carbocycles. The van der Waals surface area contributed by atoms with Crippen molar-refractivity contribution in [3.63, 3.8) is 0 Å². The molecule has 0 amide bonds. The lowest BCUT2D eigenvalue weighted by Gasteiger charge is -1.98. The smallest absolute Gasteiger partial charge is 0.137 e. The van der Waals surface area contributed by atoms with E-state index in [1.165, 1.54) is 31.3 Å². The first-order valence-electron chi connectivity index (χ1n) is 13.3. The number of fused-ring (bicyclic) bond motifs is 17. The van der Waals surface area contributed by atoms with Crippen LogP contribution in [0.25, 0.3) is 75.8 Å². The zero-order valence-electron chi connectivity index (χ0n) is 21.7. The van der Waals surface area contributed by atoms with E-state index in [0.717, 1.165) is 62.3 Å². The molecule has 3 aromatic heterocycles. The first kappa shape index (κ1) is 22.4. The molecule has 4 heteroatoms. The number of thiophene rings is 1. The van der Waals surface area contributed by atoms with Gasteiger partial charge in [0.1, 0.15) is 11.2 Å². The second-order valence-electron chi connectivity index (χ2n) is 10.1. The Hall–Kier alpha value is -4.54. The third kappa shape index (κ3) is 3.42. The minimum Gasteiger partial charge on any atom is -0.456 e. The largest absolute Gasteiger partial charge is 0.456 e. The molecular weight excluding hydrogens is 496 g/mol. The first-order chi connectivity index (χ1) is 19.2. The molecule has 0 spiro atoms. The molecule has 39 heavy (non-hydrogen) atoms. The van der Waals surface area contributed by atoms with Crippen molar-refractivity contribution < 1.29 is 4.42 Å². The van der Waals surface area contributed by atoms with Gasteiger partial charge in [0.05, 0.1) is 22.8 Å². The van der Waals surface area contributed by atoms with Crippen molar-refractivity contribution in [1.82, 2.24) is 9.97 Å². The molecule has 2 aliphatic heterocycles. The van der Waals surface area contributed by atoms with Gasteiger partial charge in [-0.3, -0.25) is 0 Å². The summed E-state index contributed by atoms with van der Waals surface area (Å²) in [6, 6.07) is 34.2. The van der Waals surface area contributed by atoms with Gasteiger partial charge in [0, 0.05) is 54.2 Å². The van der Waals surface area contributed by atoms with Crippen LogP contribution in [0, 0.1) is 0 Å². The molecule has 6 aromatic rings. The van der Waals surface area contributed by atoms with Gasteiger partial charge in [0.2, 0.25) is 0 Å². The second-order valence-corrected chi connectivity index (χ2v) is 11.2. The van der Waals surface area contributed by atoms with Crippen molar-refractivity contribution in [2.24, 2.45) is 0 Å². The van der Waals surface area contributed by atoms with Gasteiger partial charge in [-0.2, -0.15) is 0 Å². The predicted octanol–water partition coefficient (Wildman–Crippen LogP) is 10.3. The van der Waals surface area contributed by atoms with Gasteiger partial charge in [0.25, 0.3) is 0 Å². The zero-order valence-corrected chi connectivity index (χ0v) is 22.5. The van der Waals surface area contributed by atoms with Crippen LogP contribution in [-0.4, -0.2) is 9.97 Å². The number of rotatable bonds is 1. The summed E-state index contributed by atoms with van der Waals surface area (Å²) in [5.41, 5.74) is 10.3. The summed E-state index contributed by atoms with van der Waals surface area (Å²) in [5, 5.41) is 4.64. The molecule has 8 rings (SSSR count). The molecule has 0 radical (unpaired) electrons. The van der Waals surface area contributed by atoms with Gasteiger partial charge in [-0.15, -0.1) is 11.3 Å². The molecule has 0 saturated carbocycles. The number of aromatic nitrogens is 2. The van der Waals surface area contributed by atoms with E-state index in [4.69, 9.17) is 14.4 Å². The minimum absolute atomic E-state index is 0.815. The standard InChI is InChI=1S/C35H24N2OS/c1-3-21-20(2)28-18-34-26-14-8-9-15-27(26)35(39-34)19-31-23-11-5-4-10-22(23)30(37-31)17-33-25-13-7-6-12-24(25)32(38-33)16-29(21)36-28/h4-19H,3H2,1-2H3. The van der Waals surface area contributed by atoms with Crippen molar-refractivity contribution in [1.29, 1.82) is 0 Å². The van der Waals surface area contributed by atoms with Gasteiger partial charge < -0.3 is 4.42 Å². The number of benzene rings is 3. The maximum atomic E-state index is 6.57. The van der Waals surface area contributed by atoms with Crippen LogP contribution in [0.3, 0.4) is 0 Å². The molecule has 0 fully saturated rings. The highest BCUT2D eigenvalue weighted by Gasteiger charge is 2.19. The Balaban J connectivity index is 1.60. The Morgan fingerprint density at radius 3 is 1.69 bits per heavy atom. The summed E-state index contributed by atoms with van der Waals surface area (Å²) < 4.78 is 8.99. The fourth-order valence-corrected chi connectivity index (χ4v) is 7.10. The summed E-state index contributed by atoms with van der Waals surface area (Å²) in [5.74, 6) is 0. The van der Waals surface area contributed by atoms with Gasteiger partial charge >= 0.3 is 0 Å². The summed E-state index contributed by atoms with van der Waals surface area (Å²) in [4.78, 5) is 10.3. The van der Waals surface area contributed by atoms with E-state index in [1.54, 1.807) is 11.3 Å². The van der Waals surface area contributed by atoms with E-state index in [1.807, 2.05) is 0 Å². The van der Waals surface area contributed by atoms with E-state index in [2.05, 4.69) is 111 Å². The van der Waals surface area contributed by atoms with E-state index in [0.29, 0.717) is 0 Å². The molecule has 0 unspecified atom stereocenters. The van der Waals surface area contributed by atoms with Crippen molar-refractivity contribution >= 4 is 64.6 Å². The Bertz CT molecular complexity index is 2180. The van der Waals surface area contributed by atoms with Crippen LogP contribution in [0.4, 0.5) is 0 Å². The van der Waals surface area contributed by atoms with Crippen LogP contribution in [0.5, 0.6) is 0 Å². The summed E-state index contributed by atoms with van der Waals surface area (Å²) in [7, 11) is 0. The van der Waals surface area contributed by atoms with E-state index >= 15 is 0 Å². The second kappa shape index (κ2) is 8.48. The molecule has 0 aliphatic carbocycles. The van der Waals surface area contributed by atoms with E-state index in [-0.39, 0.29) is 0 Å². The van der Waals surface area contributed by atoms with E-state index in [9.17, 15) is 0 Å². The van der Waals surface area contributed by atoms with Gasteiger partial charge in [-0.25, -0.2) is 9.97 Å². The fourth-order valence-electron chi connectivity index (χ4n) is 5.94. The number of hydrogen-bond acceptors (Lipinski definition) is 4. The fraction of sp³-hybridized carbons (Fsp3) is 0.0857. The van der Waals surface area contributed by atoms with Crippen LogP contribution >= 0.6 is 11.3 Å². The van der Waals surface area contributed by atoms with Crippen molar-refractivity contribution in [3.8, 4) is 22.5 Å². The third-order valence-electron chi connectivity index (χ3n) is 7.89. The molecule has 0 N–H and O–H groups in total. The van der Waals surface area contributed by atoms with Crippen molar-refractivity contribution in [2.75, 3.05) is 0 Å². The number of furan rings is 1. The molecular formula is C35H24N2OS. The highest BCUT2D eigenvalue weighted by Crippen LogP contribution is 2.41. The summed E-state index contributed by atoms with van der Waals surface area (Å²) in [6.45, 7) is 4.39. The van der Waals surface area contributed by atoms with Crippen molar-refractivity contribution in [3.05, 3.63) is 108 Å². The maximum absolute atomic E-state index is 6.57. The van der Waals surface area contributed by atoms with Crippen LogP contribution < -0.4 is 0 Å². The lowest BCUT2D eigenvalue weighted by Crippen LogP contribution is -1.79. The lowest BCUT2D eigenvalue weighted by atomic mass is 10.0. The average molecular weight is 521 g/mol. The first-order valence-corrected chi connectivity index (χ1v) is 14.1. The molecule has 186 valence electrons. The van der Waals surface area contributed by atoms with E-state index < -0.39 is 0 Å². The summed E-state index contributed by atoms with van der Waals surface area (Å²) >= 11 is 1.80.